The van der Waals surface area contributed by atoms with Gasteiger partial charge in [0.05, 0.1) is 25.0 Å². The van der Waals surface area contributed by atoms with Gasteiger partial charge in [0.15, 0.2) is 0 Å². The van der Waals surface area contributed by atoms with Gasteiger partial charge in [0.2, 0.25) is 15.9 Å². The van der Waals surface area contributed by atoms with Gasteiger partial charge >= 0.3 is 0 Å². The third-order valence-electron chi connectivity index (χ3n) is 4.66. The van der Waals surface area contributed by atoms with Crippen molar-refractivity contribution in [3.05, 3.63) is 12.4 Å². The molecule has 0 amide bonds. The number of sulfonamides is 1. The molecule has 3 fully saturated rings. The van der Waals surface area contributed by atoms with Crippen LogP contribution in [0.25, 0.3) is 0 Å². The predicted molar refractivity (Wildman–Crippen MR) is 87.6 cm³/mol. The van der Waals surface area contributed by atoms with E-state index in [4.69, 9.17) is 9.47 Å². The van der Waals surface area contributed by atoms with Crippen LogP contribution in [0.5, 0.6) is 5.88 Å². The number of morpholine rings is 1. The molecular formula is C15H22N4O4S. The highest BCUT2D eigenvalue weighted by Gasteiger charge is 2.43. The zero-order valence-corrected chi connectivity index (χ0v) is 14.3. The maximum absolute atomic E-state index is 12.3. The molecule has 0 unspecified atom stereocenters. The minimum absolute atomic E-state index is 0.147. The van der Waals surface area contributed by atoms with E-state index in [0.29, 0.717) is 38.6 Å². The average molecular weight is 354 g/mol. The van der Waals surface area contributed by atoms with Crippen molar-refractivity contribution in [2.75, 3.05) is 44.3 Å². The molecule has 1 atom stereocenters. The van der Waals surface area contributed by atoms with Gasteiger partial charge < -0.3 is 14.4 Å². The molecule has 9 heteroatoms. The van der Waals surface area contributed by atoms with Crippen LogP contribution in [0.3, 0.4) is 0 Å². The van der Waals surface area contributed by atoms with Gasteiger partial charge in [-0.2, -0.15) is 4.31 Å². The number of hydrogen-bond donors (Lipinski definition) is 0. The summed E-state index contributed by atoms with van der Waals surface area (Å²) in [7, 11) is -3.12. The molecule has 0 radical (unpaired) electrons. The van der Waals surface area contributed by atoms with E-state index in [0.717, 1.165) is 31.7 Å². The normalized spacial score (nSPS) is 25.8. The monoisotopic (exact) mass is 354 g/mol. The van der Waals surface area contributed by atoms with Crippen LogP contribution in [0.2, 0.25) is 0 Å². The van der Waals surface area contributed by atoms with Crippen molar-refractivity contribution < 1.29 is 17.9 Å². The van der Waals surface area contributed by atoms with E-state index < -0.39 is 10.0 Å². The molecule has 0 aromatic carbocycles. The highest BCUT2D eigenvalue weighted by atomic mass is 32.2. The van der Waals surface area contributed by atoms with Crippen LogP contribution in [0, 0.1) is 0 Å². The van der Waals surface area contributed by atoms with E-state index in [-0.39, 0.29) is 11.4 Å². The second kappa shape index (κ2) is 6.45. The van der Waals surface area contributed by atoms with Gasteiger partial charge in [0.25, 0.3) is 0 Å². The van der Waals surface area contributed by atoms with Crippen molar-refractivity contribution in [2.45, 2.75) is 30.6 Å². The zero-order chi connectivity index (χ0) is 16.6. The molecule has 0 bridgehead atoms. The Kier molecular flexibility index (Phi) is 4.31. The molecule has 1 aromatic rings. The van der Waals surface area contributed by atoms with Gasteiger partial charge in [-0.05, 0) is 19.3 Å². The van der Waals surface area contributed by atoms with Gasteiger partial charge in [-0.3, -0.25) is 0 Å². The fraction of sp³-hybridized carbons (Fsp3) is 0.733. The fourth-order valence-electron chi connectivity index (χ4n) is 3.13. The van der Waals surface area contributed by atoms with E-state index >= 15 is 0 Å². The summed E-state index contributed by atoms with van der Waals surface area (Å²) in [6.45, 7) is 3.93. The minimum atomic E-state index is -3.12. The number of ether oxygens (including phenoxy) is 2. The van der Waals surface area contributed by atoms with Gasteiger partial charge in [-0.1, -0.05) is 0 Å². The predicted octanol–water partition coefficient (Wildman–Crippen LogP) is 0.259. The summed E-state index contributed by atoms with van der Waals surface area (Å²) in [6, 6.07) is 1.82. The van der Waals surface area contributed by atoms with E-state index in [2.05, 4.69) is 14.9 Å². The van der Waals surface area contributed by atoms with E-state index in [1.54, 1.807) is 4.31 Å². The molecule has 0 spiro atoms. The van der Waals surface area contributed by atoms with Gasteiger partial charge in [0.1, 0.15) is 18.2 Å². The maximum Gasteiger partial charge on any atom is 0.218 e. The van der Waals surface area contributed by atoms with Crippen molar-refractivity contribution in [3.8, 4) is 5.88 Å². The first-order valence-electron chi connectivity index (χ1n) is 8.43. The molecule has 1 saturated carbocycles. The molecule has 3 heterocycles. The summed E-state index contributed by atoms with van der Waals surface area (Å²) in [6.07, 6.45) is 3.63. The molecule has 132 valence electrons. The number of nitrogens with zero attached hydrogens (tertiary/aromatic N) is 4. The second-order valence-electron chi connectivity index (χ2n) is 6.44. The Hall–Kier alpha value is -1.45. The van der Waals surface area contributed by atoms with Gasteiger partial charge in [0, 0.05) is 25.7 Å². The third kappa shape index (κ3) is 3.33. The van der Waals surface area contributed by atoms with E-state index in [9.17, 15) is 8.42 Å². The van der Waals surface area contributed by atoms with Crippen LogP contribution >= 0.6 is 0 Å². The molecule has 3 aliphatic rings. The van der Waals surface area contributed by atoms with Crippen LogP contribution in [-0.2, 0) is 14.8 Å². The molecule has 0 N–H and O–H groups in total. The molecule has 4 rings (SSSR count). The Morgan fingerprint density at radius 1 is 1.12 bits per heavy atom. The summed E-state index contributed by atoms with van der Waals surface area (Å²) in [5, 5.41) is -0.164. The van der Waals surface area contributed by atoms with Gasteiger partial charge in [-0.25, -0.2) is 18.4 Å². The minimum Gasteiger partial charge on any atom is -0.473 e. The van der Waals surface area contributed by atoms with Crippen molar-refractivity contribution in [3.63, 3.8) is 0 Å². The Balaban J connectivity index is 1.39. The lowest BCUT2D eigenvalue weighted by atomic mass is 10.3. The Bertz CT molecular complexity index is 688. The Labute approximate surface area is 141 Å². The molecule has 24 heavy (non-hydrogen) atoms. The molecule has 2 aliphatic heterocycles. The van der Waals surface area contributed by atoms with Crippen molar-refractivity contribution in [2.24, 2.45) is 0 Å². The fourth-order valence-corrected chi connectivity index (χ4v) is 5.02. The third-order valence-corrected chi connectivity index (χ3v) is 7.03. The van der Waals surface area contributed by atoms with Crippen LogP contribution < -0.4 is 9.64 Å². The average Bonchev–Trinajstić information content (AvgIpc) is 3.37. The largest absolute Gasteiger partial charge is 0.473 e. The first kappa shape index (κ1) is 16.0. The standard InChI is InChI=1S/C15H22N4O4S/c20-24(21,13-1-2-13)19-4-3-12(10-19)23-15-9-14(16-11-17-15)18-5-7-22-8-6-18/h9,11-13H,1-8,10H2/t12-/m1/s1. The van der Waals surface area contributed by atoms with E-state index in [1.807, 2.05) is 6.07 Å². The number of anilines is 1. The maximum atomic E-state index is 12.3. The first-order chi connectivity index (χ1) is 11.6. The summed E-state index contributed by atoms with van der Waals surface area (Å²) < 4.78 is 37.4. The highest BCUT2D eigenvalue weighted by Crippen LogP contribution is 2.33. The lowest BCUT2D eigenvalue weighted by Gasteiger charge is -2.27. The van der Waals surface area contributed by atoms with Crippen LogP contribution in [0.1, 0.15) is 19.3 Å². The molecule has 8 nitrogen and oxygen atoms in total. The van der Waals surface area contributed by atoms with Crippen LogP contribution in [0.15, 0.2) is 12.4 Å². The lowest BCUT2D eigenvalue weighted by Crippen LogP contribution is -2.36. The number of hydrogen-bond acceptors (Lipinski definition) is 7. The summed E-state index contributed by atoms with van der Waals surface area (Å²) in [5.74, 6) is 1.32. The SMILES string of the molecule is O=S(=O)(C1CC1)N1CC[C@@H](Oc2cc(N3CCOCC3)ncn2)C1. The number of aromatic nitrogens is 2. The number of rotatable bonds is 5. The summed E-state index contributed by atoms with van der Waals surface area (Å²) >= 11 is 0. The van der Waals surface area contributed by atoms with Crippen LogP contribution in [0.4, 0.5) is 5.82 Å². The molecule has 1 aromatic heterocycles. The van der Waals surface area contributed by atoms with E-state index in [1.165, 1.54) is 6.33 Å². The summed E-state index contributed by atoms with van der Waals surface area (Å²) in [5.41, 5.74) is 0. The van der Waals surface area contributed by atoms with Crippen molar-refractivity contribution in [1.82, 2.24) is 14.3 Å². The van der Waals surface area contributed by atoms with Crippen molar-refractivity contribution in [1.29, 1.82) is 0 Å². The highest BCUT2D eigenvalue weighted by molar-refractivity contribution is 7.90. The first-order valence-corrected chi connectivity index (χ1v) is 9.93. The van der Waals surface area contributed by atoms with Crippen LogP contribution in [-0.4, -0.2) is 73.4 Å². The molecular weight excluding hydrogens is 332 g/mol. The van der Waals surface area contributed by atoms with Gasteiger partial charge in [-0.15, -0.1) is 0 Å². The quantitative estimate of drug-likeness (QED) is 0.750. The summed E-state index contributed by atoms with van der Waals surface area (Å²) in [4.78, 5) is 10.6. The molecule has 2 saturated heterocycles. The smallest absolute Gasteiger partial charge is 0.218 e. The topological polar surface area (TPSA) is 84.9 Å². The van der Waals surface area contributed by atoms with Crippen molar-refractivity contribution >= 4 is 15.8 Å². The molecule has 1 aliphatic carbocycles. The zero-order valence-electron chi connectivity index (χ0n) is 13.5. The Morgan fingerprint density at radius 2 is 1.92 bits per heavy atom. The Morgan fingerprint density at radius 3 is 2.67 bits per heavy atom. The lowest BCUT2D eigenvalue weighted by molar-refractivity contribution is 0.122. The second-order valence-corrected chi connectivity index (χ2v) is 8.66.